The summed E-state index contributed by atoms with van der Waals surface area (Å²) in [4.78, 5) is 10.7. The van der Waals surface area contributed by atoms with Crippen LogP contribution >= 0.6 is 11.3 Å². The molecule has 0 bridgehead atoms. The van der Waals surface area contributed by atoms with E-state index < -0.39 is 0 Å². The number of ether oxygens (including phenoxy) is 1. The highest BCUT2D eigenvalue weighted by atomic mass is 32.1. The maximum atomic E-state index is 5.81. The molecular weight excluding hydrogens is 270 g/mol. The van der Waals surface area contributed by atoms with Gasteiger partial charge >= 0.3 is 0 Å². The Hall–Kier alpha value is -1.36. The van der Waals surface area contributed by atoms with E-state index in [0.717, 1.165) is 23.1 Å². The van der Waals surface area contributed by atoms with Crippen molar-refractivity contribution in [2.45, 2.75) is 52.4 Å². The van der Waals surface area contributed by atoms with Gasteiger partial charge in [0.25, 0.3) is 0 Å². The number of nitrogens with two attached hydrogens (primary N) is 1. The summed E-state index contributed by atoms with van der Waals surface area (Å²) in [5, 5.41) is 0.995. The molecule has 0 spiro atoms. The van der Waals surface area contributed by atoms with E-state index in [2.05, 4.69) is 29.9 Å². The Morgan fingerprint density at radius 2 is 1.95 bits per heavy atom. The molecule has 4 nitrogen and oxygen atoms in total. The summed E-state index contributed by atoms with van der Waals surface area (Å²) >= 11 is 1.66. The van der Waals surface area contributed by atoms with E-state index in [1.807, 2.05) is 0 Å². The largest absolute Gasteiger partial charge is 0.477 e. The standard InChI is InChI=1S/C15H23N3OS/c1-3-5-6-7-8-9-19-13-12-10-11(4-2)20-14(12)18-15(16)17-13/h10H,3-9H2,1-2H3,(H2,16,17,18). The molecule has 0 saturated carbocycles. The number of hydrogen-bond acceptors (Lipinski definition) is 5. The van der Waals surface area contributed by atoms with Crippen molar-refractivity contribution in [1.29, 1.82) is 0 Å². The predicted molar refractivity (Wildman–Crippen MR) is 85.5 cm³/mol. The van der Waals surface area contributed by atoms with Gasteiger partial charge in [-0.1, -0.05) is 39.5 Å². The van der Waals surface area contributed by atoms with Gasteiger partial charge in [-0.25, -0.2) is 4.98 Å². The molecule has 0 amide bonds. The molecule has 0 saturated heterocycles. The highest BCUT2D eigenvalue weighted by Gasteiger charge is 2.11. The lowest BCUT2D eigenvalue weighted by molar-refractivity contribution is 0.297. The van der Waals surface area contributed by atoms with Gasteiger partial charge in [0.1, 0.15) is 4.83 Å². The van der Waals surface area contributed by atoms with Crippen LogP contribution in [0.15, 0.2) is 6.07 Å². The molecule has 20 heavy (non-hydrogen) atoms. The van der Waals surface area contributed by atoms with Crippen LogP contribution in [0, 0.1) is 0 Å². The van der Waals surface area contributed by atoms with Crippen molar-refractivity contribution in [3.63, 3.8) is 0 Å². The summed E-state index contributed by atoms with van der Waals surface area (Å²) in [5.41, 5.74) is 5.75. The molecule has 0 aliphatic rings. The minimum atomic E-state index is 0.294. The number of nitrogen functional groups attached to an aromatic ring is 1. The Balaban J connectivity index is 1.99. The highest BCUT2D eigenvalue weighted by Crippen LogP contribution is 2.31. The lowest BCUT2D eigenvalue weighted by atomic mass is 10.2. The third-order valence-electron chi connectivity index (χ3n) is 3.26. The number of anilines is 1. The van der Waals surface area contributed by atoms with Gasteiger partial charge in [-0.15, -0.1) is 11.3 Å². The van der Waals surface area contributed by atoms with Crippen molar-refractivity contribution in [2.24, 2.45) is 0 Å². The van der Waals surface area contributed by atoms with E-state index in [1.54, 1.807) is 11.3 Å². The fourth-order valence-electron chi connectivity index (χ4n) is 2.12. The third kappa shape index (κ3) is 3.82. The first kappa shape index (κ1) is 15.0. The van der Waals surface area contributed by atoms with Crippen LogP contribution in [0.2, 0.25) is 0 Å². The molecule has 2 N–H and O–H groups in total. The van der Waals surface area contributed by atoms with Crippen molar-refractivity contribution >= 4 is 27.5 Å². The highest BCUT2D eigenvalue weighted by molar-refractivity contribution is 7.18. The zero-order chi connectivity index (χ0) is 14.4. The zero-order valence-electron chi connectivity index (χ0n) is 12.3. The fraction of sp³-hybridized carbons (Fsp3) is 0.600. The second kappa shape index (κ2) is 7.43. The number of hydrogen-bond donors (Lipinski definition) is 1. The van der Waals surface area contributed by atoms with Crippen molar-refractivity contribution < 1.29 is 4.74 Å². The van der Waals surface area contributed by atoms with Gasteiger partial charge in [-0.3, -0.25) is 0 Å². The van der Waals surface area contributed by atoms with Crippen LogP contribution in [-0.4, -0.2) is 16.6 Å². The number of aromatic nitrogens is 2. The normalized spacial score (nSPS) is 11.1. The summed E-state index contributed by atoms with van der Waals surface area (Å²) < 4.78 is 5.81. The number of thiophene rings is 1. The Kier molecular flexibility index (Phi) is 5.59. The van der Waals surface area contributed by atoms with Crippen LogP contribution in [0.3, 0.4) is 0 Å². The number of aryl methyl sites for hydroxylation is 1. The van der Waals surface area contributed by atoms with Crippen LogP contribution in [-0.2, 0) is 6.42 Å². The summed E-state index contributed by atoms with van der Waals surface area (Å²) in [6.07, 6.45) is 7.11. The van der Waals surface area contributed by atoms with Gasteiger partial charge in [0, 0.05) is 4.88 Å². The maximum Gasteiger partial charge on any atom is 0.227 e. The van der Waals surface area contributed by atoms with Gasteiger partial charge in [-0.2, -0.15) is 4.98 Å². The fourth-order valence-corrected chi connectivity index (χ4v) is 3.08. The third-order valence-corrected chi connectivity index (χ3v) is 4.43. The SMILES string of the molecule is CCCCCCCOc1nc(N)nc2sc(CC)cc12. The van der Waals surface area contributed by atoms with Crippen LogP contribution < -0.4 is 10.5 Å². The lowest BCUT2D eigenvalue weighted by Crippen LogP contribution is -2.02. The second-order valence-electron chi connectivity index (χ2n) is 4.93. The first-order valence-corrected chi connectivity index (χ1v) is 8.25. The number of unbranched alkanes of at least 4 members (excludes halogenated alkanes) is 4. The van der Waals surface area contributed by atoms with E-state index in [0.29, 0.717) is 18.4 Å². The molecule has 110 valence electrons. The van der Waals surface area contributed by atoms with Gasteiger partial charge in [-0.05, 0) is 18.9 Å². The first-order valence-electron chi connectivity index (χ1n) is 7.43. The van der Waals surface area contributed by atoms with E-state index in [1.165, 1.54) is 30.6 Å². The van der Waals surface area contributed by atoms with Crippen LogP contribution in [0.5, 0.6) is 5.88 Å². The molecule has 0 atom stereocenters. The van der Waals surface area contributed by atoms with Crippen molar-refractivity contribution in [3.05, 3.63) is 10.9 Å². The Morgan fingerprint density at radius 1 is 1.15 bits per heavy atom. The first-order chi connectivity index (χ1) is 9.74. The van der Waals surface area contributed by atoms with Gasteiger partial charge in [0.2, 0.25) is 11.8 Å². The lowest BCUT2D eigenvalue weighted by Gasteiger charge is -2.06. The molecule has 0 aliphatic heterocycles. The predicted octanol–water partition coefficient (Wildman–Crippen LogP) is 4.19. The van der Waals surface area contributed by atoms with Gasteiger partial charge in [0.15, 0.2) is 0 Å². The smallest absolute Gasteiger partial charge is 0.227 e. The second-order valence-corrected chi connectivity index (χ2v) is 6.05. The number of nitrogens with zero attached hydrogens (tertiary/aromatic N) is 2. The molecule has 5 heteroatoms. The van der Waals surface area contributed by atoms with Crippen LogP contribution in [0.1, 0.15) is 50.8 Å². The Morgan fingerprint density at radius 3 is 2.70 bits per heavy atom. The minimum absolute atomic E-state index is 0.294. The molecule has 0 aromatic carbocycles. The number of rotatable bonds is 8. The average molecular weight is 293 g/mol. The van der Waals surface area contributed by atoms with Crippen molar-refractivity contribution in [2.75, 3.05) is 12.3 Å². The quantitative estimate of drug-likeness (QED) is 0.741. The molecule has 0 fully saturated rings. The molecule has 0 aliphatic carbocycles. The van der Waals surface area contributed by atoms with E-state index >= 15 is 0 Å². The molecule has 2 aromatic rings. The summed E-state index contributed by atoms with van der Waals surface area (Å²) in [5.74, 6) is 0.932. The van der Waals surface area contributed by atoms with Crippen LogP contribution in [0.25, 0.3) is 10.2 Å². The van der Waals surface area contributed by atoms with Gasteiger partial charge in [0.05, 0.1) is 12.0 Å². The zero-order valence-corrected chi connectivity index (χ0v) is 13.1. The molecule has 0 unspecified atom stereocenters. The molecule has 2 heterocycles. The molecule has 0 radical (unpaired) electrons. The Bertz CT molecular complexity index is 553. The van der Waals surface area contributed by atoms with Gasteiger partial charge < -0.3 is 10.5 Å². The Labute approximate surface area is 124 Å². The maximum absolute atomic E-state index is 5.81. The van der Waals surface area contributed by atoms with E-state index in [-0.39, 0.29) is 0 Å². The molecule has 2 rings (SSSR count). The number of fused-ring (bicyclic) bond motifs is 1. The van der Waals surface area contributed by atoms with Crippen molar-refractivity contribution in [3.8, 4) is 5.88 Å². The molecule has 2 aromatic heterocycles. The van der Waals surface area contributed by atoms with E-state index in [4.69, 9.17) is 10.5 Å². The monoisotopic (exact) mass is 293 g/mol. The minimum Gasteiger partial charge on any atom is -0.477 e. The average Bonchev–Trinajstić information content (AvgIpc) is 2.85. The summed E-state index contributed by atoms with van der Waals surface area (Å²) in [6, 6.07) is 2.12. The summed E-state index contributed by atoms with van der Waals surface area (Å²) in [6.45, 7) is 5.06. The topological polar surface area (TPSA) is 61.0 Å². The summed E-state index contributed by atoms with van der Waals surface area (Å²) in [7, 11) is 0. The van der Waals surface area contributed by atoms with Crippen LogP contribution in [0.4, 0.5) is 5.95 Å². The van der Waals surface area contributed by atoms with E-state index in [9.17, 15) is 0 Å². The van der Waals surface area contributed by atoms with Crippen molar-refractivity contribution in [1.82, 2.24) is 9.97 Å². The molecular formula is C15H23N3OS.